The smallest absolute Gasteiger partial charge is 0.251 e. The predicted octanol–water partition coefficient (Wildman–Crippen LogP) is 4.75. The van der Waals surface area contributed by atoms with E-state index in [4.69, 9.17) is 0 Å². The second kappa shape index (κ2) is 8.41. The molecule has 0 aliphatic heterocycles. The first-order valence-corrected chi connectivity index (χ1v) is 9.39. The molecule has 1 aromatic heterocycles. The highest BCUT2D eigenvalue weighted by atomic mass is 16.3. The summed E-state index contributed by atoms with van der Waals surface area (Å²) in [6.45, 7) is 0. The highest BCUT2D eigenvalue weighted by Crippen LogP contribution is 2.27. The van der Waals surface area contributed by atoms with E-state index in [0.717, 1.165) is 5.56 Å². The molecule has 146 valence electrons. The minimum absolute atomic E-state index is 0.0107. The Hall–Kier alpha value is -4.25. The highest BCUT2D eigenvalue weighted by molar-refractivity contribution is 6.32. The molecule has 4 aromatic rings. The van der Waals surface area contributed by atoms with Crippen LogP contribution in [-0.2, 0) is 0 Å². The molecule has 0 saturated heterocycles. The molecule has 1 heterocycles. The van der Waals surface area contributed by atoms with Crippen molar-refractivity contribution in [2.24, 2.45) is 0 Å². The summed E-state index contributed by atoms with van der Waals surface area (Å²) < 4.78 is 0. The van der Waals surface area contributed by atoms with Crippen LogP contribution in [0.4, 0.5) is 0 Å². The first-order chi connectivity index (χ1) is 14.6. The number of H-pyrrole nitrogens is 1. The SMILES string of the molecule is O=C(/C(=C(\O)c1ccccc1)c1nc(-c2ccccc2)cc(=O)[nH]1)c1ccccc1. The molecule has 2 N–H and O–H groups in total. The molecule has 0 unspecified atom stereocenters. The van der Waals surface area contributed by atoms with Crippen LogP contribution in [0.1, 0.15) is 21.7 Å². The van der Waals surface area contributed by atoms with Gasteiger partial charge in [-0.05, 0) is 0 Å². The van der Waals surface area contributed by atoms with Crippen molar-refractivity contribution in [2.75, 3.05) is 0 Å². The molecule has 30 heavy (non-hydrogen) atoms. The molecular formula is C25H18N2O3. The number of nitrogens with zero attached hydrogens (tertiary/aromatic N) is 1. The minimum Gasteiger partial charge on any atom is -0.506 e. The Morgan fingerprint density at radius 2 is 1.30 bits per heavy atom. The van der Waals surface area contributed by atoms with Gasteiger partial charge in [-0.15, -0.1) is 0 Å². The second-order valence-electron chi connectivity index (χ2n) is 6.63. The molecule has 5 nitrogen and oxygen atoms in total. The van der Waals surface area contributed by atoms with Gasteiger partial charge in [-0.25, -0.2) is 4.98 Å². The number of carbonyl (C=O) groups excluding carboxylic acids is 1. The van der Waals surface area contributed by atoms with Gasteiger partial charge in [0, 0.05) is 22.8 Å². The molecule has 0 radical (unpaired) electrons. The number of aliphatic hydroxyl groups excluding tert-OH is 1. The van der Waals surface area contributed by atoms with Crippen molar-refractivity contribution in [2.45, 2.75) is 0 Å². The summed E-state index contributed by atoms with van der Waals surface area (Å²) in [6.07, 6.45) is 0. The lowest BCUT2D eigenvalue weighted by atomic mass is 9.98. The van der Waals surface area contributed by atoms with Crippen molar-refractivity contribution in [3.05, 3.63) is 124 Å². The van der Waals surface area contributed by atoms with Gasteiger partial charge in [-0.3, -0.25) is 9.59 Å². The van der Waals surface area contributed by atoms with Crippen molar-refractivity contribution >= 4 is 17.1 Å². The Kier molecular flexibility index (Phi) is 5.35. The zero-order chi connectivity index (χ0) is 20.9. The summed E-state index contributed by atoms with van der Waals surface area (Å²) >= 11 is 0. The van der Waals surface area contributed by atoms with Crippen molar-refractivity contribution in [3.8, 4) is 11.3 Å². The fraction of sp³-hybridized carbons (Fsp3) is 0. The zero-order valence-electron chi connectivity index (χ0n) is 15.9. The number of carbonyl (C=O) groups is 1. The van der Waals surface area contributed by atoms with Crippen LogP contribution in [0.15, 0.2) is 102 Å². The molecule has 0 atom stereocenters. The average molecular weight is 394 g/mol. The van der Waals surface area contributed by atoms with Gasteiger partial charge in [0.15, 0.2) is 0 Å². The molecule has 0 fully saturated rings. The number of ketones is 1. The van der Waals surface area contributed by atoms with Crippen LogP contribution in [0.2, 0.25) is 0 Å². The van der Waals surface area contributed by atoms with Crippen LogP contribution in [0.25, 0.3) is 22.6 Å². The van der Waals surface area contributed by atoms with Gasteiger partial charge >= 0.3 is 0 Å². The number of hydrogen-bond donors (Lipinski definition) is 2. The lowest BCUT2D eigenvalue weighted by Crippen LogP contribution is -2.15. The number of aromatic nitrogens is 2. The predicted molar refractivity (Wildman–Crippen MR) is 117 cm³/mol. The normalized spacial score (nSPS) is 11.6. The Labute approximate surface area is 173 Å². The van der Waals surface area contributed by atoms with E-state index < -0.39 is 11.3 Å². The van der Waals surface area contributed by atoms with E-state index in [1.54, 1.807) is 54.6 Å². The maximum absolute atomic E-state index is 13.3. The third-order valence-corrected chi connectivity index (χ3v) is 4.60. The number of allylic oxidation sites excluding steroid dienone is 1. The van der Waals surface area contributed by atoms with E-state index in [1.807, 2.05) is 36.4 Å². The topological polar surface area (TPSA) is 83.0 Å². The largest absolute Gasteiger partial charge is 0.506 e. The summed E-state index contributed by atoms with van der Waals surface area (Å²) in [4.78, 5) is 32.9. The molecule has 0 bridgehead atoms. The first kappa shape index (κ1) is 19.1. The maximum Gasteiger partial charge on any atom is 0.251 e. The van der Waals surface area contributed by atoms with Gasteiger partial charge in [-0.2, -0.15) is 0 Å². The Morgan fingerprint density at radius 1 is 0.767 bits per heavy atom. The second-order valence-corrected chi connectivity index (χ2v) is 6.63. The Bertz CT molecular complexity index is 1260. The van der Waals surface area contributed by atoms with Gasteiger partial charge < -0.3 is 10.1 Å². The number of aromatic amines is 1. The van der Waals surface area contributed by atoms with E-state index >= 15 is 0 Å². The minimum atomic E-state index is -0.440. The Balaban J connectivity index is 1.94. The van der Waals surface area contributed by atoms with Gasteiger partial charge in [0.05, 0.1) is 5.69 Å². The number of hydrogen-bond acceptors (Lipinski definition) is 4. The van der Waals surface area contributed by atoms with Gasteiger partial charge in [0.2, 0.25) is 5.78 Å². The van der Waals surface area contributed by atoms with Crippen LogP contribution in [-0.4, -0.2) is 20.9 Å². The molecule has 0 spiro atoms. The van der Waals surface area contributed by atoms with Gasteiger partial charge in [0.1, 0.15) is 17.2 Å². The van der Waals surface area contributed by atoms with Crippen molar-refractivity contribution in [3.63, 3.8) is 0 Å². The number of aliphatic hydroxyl groups is 1. The lowest BCUT2D eigenvalue weighted by molar-refractivity contribution is 0.105. The van der Waals surface area contributed by atoms with Crippen molar-refractivity contribution in [1.29, 1.82) is 0 Å². The zero-order valence-corrected chi connectivity index (χ0v) is 15.9. The quantitative estimate of drug-likeness (QED) is 0.291. The average Bonchev–Trinajstić information content (AvgIpc) is 2.80. The van der Waals surface area contributed by atoms with Gasteiger partial charge in [0.25, 0.3) is 5.56 Å². The molecule has 4 rings (SSSR count). The summed E-state index contributed by atoms with van der Waals surface area (Å²) in [5.41, 5.74) is 1.48. The van der Waals surface area contributed by atoms with Gasteiger partial charge in [-0.1, -0.05) is 91.0 Å². The van der Waals surface area contributed by atoms with Crippen LogP contribution in [0.3, 0.4) is 0 Å². The summed E-state index contributed by atoms with van der Waals surface area (Å²) in [5, 5.41) is 11.0. The standard InChI is InChI=1S/C25H18N2O3/c28-21-16-20(17-10-4-1-5-11-17)26-25(27-21)22(23(29)18-12-6-2-7-13-18)24(30)19-14-8-3-9-15-19/h1-16,29H,(H,26,27,28)/b23-22+. The van der Waals surface area contributed by atoms with E-state index in [1.165, 1.54) is 6.07 Å². The number of nitrogens with one attached hydrogen (secondary N) is 1. The third kappa shape index (κ3) is 3.95. The van der Waals surface area contributed by atoms with Crippen LogP contribution < -0.4 is 5.56 Å². The summed E-state index contributed by atoms with van der Waals surface area (Å²) in [7, 11) is 0. The van der Waals surface area contributed by atoms with E-state index in [9.17, 15) is 14.7 Å². The number of rotatable bonds is 5. The molecule has 3 aromatic carbocycles. The maximum atomic E-state index is 13.3. The van der Waals surface area contributed by atoms with Crippen molar-refractivity contribution in [1.82, 2.24) is 9.97 Å². The number of benzene rings is 3. The monoisotopic (exact) mass is 394 g/mol. The first-order valence-electron chi connectivity index (χ1n) is 9.39. The molecule has 0 amide bonds. The lowest BCUT2D eigenvalue weighted by Gasteiger charge is -2.11. The molecule has 0 aliphatic carbocycles. The highest BCUT2D eigenvalue weighted by Gasteiger charge is 2.23. The van der Waals surface area contributed by atoms with Crippen molar-refractivity contribution < 1.29 is 9.90 Å². The molecular weight excluding hydrogens is 376 g/mol. The fourth-order valence-corrected chi connectivity index (χ4v) is 3.13. The van der Waals surface area contributed by atoms with Crippen LogP contribution >= 0.6 is 0 Å². The fourth-order valence-electron chi connectivity index (χ4n) is 3.13. The third-order valence-electron chi connectivity index (χ3n) is 4.60. The van der Waals surface area contributed by atoms with E-state index in [2.05, 4.69) is 9.97 Å². The number of Topliss-reactive ketones (excluding diaryl/α,β-unsaturated/α-hetero) is 1. The van der Waals surface area contributed by atoms with E-state index in [-0.39, 0.29) is 17.2 Å². The molecule has 0 saturated carbocycles. The molecule has 0 aliphatic rings. The van der Waals surface area contributed by atoms with E-state index in [0.29, 0.717) is 16.8 Å². The van der Waals surface area contributed by atoms with Crippen LogP contribution in [0, 0.1) is 0 Å². The molecule has 5 heteroatoms. The van der Waals surface area contributed by atoms with Crippen LogP contribution in [0.5, 0.6) is 0 Å². The summed E-state index contributed by atoms with van der Waals surface area (Å²) in [5.74, 6) is -0.681. The Morgan fingerprint density at radius 3 is 1.90 bits per heavy atom. The summed E-state index contributed by atoms with van der Waals surface area (Å²) in [6, 6.07) is 27.8.